The average Bonchev–Trinajstić information content (AvgIpc) is 3.16. The first kappa shape index (κ1) is 19.5. The lowest BCUT2D eigenvalue weighted by Crippen LogP contribution is -2.47. The van der Waals surface area contributed by atoms with Gasteiger partial charge >= 0.3 is 0 Å². The van der Waals surface area contributed by atoms with Crippen LogP contribution in [0.25, 0.3) is 0 Å². The normalized spacial score (nSPS) is 16.3. The average molecular weight is 370 g/mol. The first-order valence-corrected chi connectivity index (χ1v) is 10.0. The van der Waals surface area contributed by atoms with E-state index in [2.05, 4.69) is 40.8 Å². The standard InChI is InChI=1S/C22H31N3O2/c1-17(2)21-23-14-16-25(21)15-11-20(26)24-22(12-5-4-6-13-22)18-7-9-19(27-3)10-8-18/h7-10,14,16-17H,4-6,11-13,15H2,1-3H3,(H,24,26). The maximum Gasteiger partial charge on any atom is 0.222 e. The SMILES string of the molecule is COc1ccc(C2(NC(=O)CCn3ccnc3C(C)C)CCCCC2)cc1. The molecule has 27 heavy (non-hydrogen) atoms. The molecule has 1 N–H and O–H groups in total. The van der Waals surface area contributed by atoms with Gasteiger partial charge in [0.05, 0.1) is 12.6 Å². The minimum absolute atomic E-state index is 0.108. The van der Waals surface area contributed by atoms with E-state index in [0.29, 0.717) is 18.9 Å². The van der Waals surface area contributed by atoms with E-state index in [4.69, 9.17) is 4.74 Å². The number of imidazole rings is 1. The summed E-state index contributed by atoms with van der Waals surface area (Å²) in [6, 6.07) is 8.16. The molecule has 1 aliphatic carbocycles. The van der Waals surface area contributed by atoms with E-state index in [0.717, 1.165) is 37.3 Å². The van der Waals surface area contributed by atoms with Crippen molar-refractivity contribution in [3.63, 3.8) is 0 Å². The summed E-state index contributed by atoms with van der Waals surface area (Å²) in [6.45, 7) is 4.91. The molecule has 0 radical (unpaired) electrons. The summed E-state index contributed by atoms with van der Waals surface area (Å²) in [5, 5.41) is 3.38. The Balaban J connectivity index is 1.70. The summed E-state index contributed by atoms with van der Waals surface area (Å²) in [7, 11) is 1.68. The van der Waals surface area contributed by atoms with Crippen molar-refractivity contribution in [2.24, 2.45) is 0 Å². The number of aryl methyl sites for hydroxylation is 1. The van der Waals surface area contributed by atoms with Gasteiger partial charge in [-0.05, 0) is 30.5 Å². The number of nitrogens with one attached hydrogen (secondary N) is 1. The number of hydrogen-bond donors (Lipinski definition) is 1. The number of nitrogens with zero attached hydrogens (tertiary/aromatic N) is 2. The zero-order valence-corrected chi connectivity index (χ0v) is 16.7. The Bertz CT molecular complexity index is 743. The molecule has 5 heteroatoms. The Hall–Kier alpha value is -2.30. The Morgan fingerprint density at radius 3 is 2.56 bits per heavy atom. The lowest BCUT2D eigenvalue weighted by molar-refractivity contribution is -0.123. The number of rotatable bonds is 7. The van der Waals surface area contributed by atoms with Crippen molar-refractivity contribution >= 4 is 5.91 Å². The molecule has 1 aromatic heterocycles. The van der Waals surface area contributed by atoms with Crippen LogP contribution < -0.4 is 10.1 Å². The van der Waals surface area contributed by atoms with Crippen LogP contribution in [0, 0.1) is 0 Å². The van der Waals surface area contributed by atoms with Gasteiger partial charge in [-0.3, -0.25) is 4.79 Å². The molecule has 0 aliphatic heterocycles. The molecule has 146 valence electrons. The zero-order chi connectivity index (χ0) is 19.3. The minimum Gasteiger partial charge on any atom is -0.497 e. The highest BCUT2D eigenvalue weighted by Crippen LogP contribution is 2.37. The second kappa shape index (κ2) is 8.59. The zero-order valence-electron chi connectivity index (χ0n) is 16.7. The van der Waals surface area contributed by atoms with Gasteiger partial charge in [-0.15, -0.1) is 0 Å². The summed E-state index contributed by atoms with van der Waals surface area (Å²) in [5.41, 5.74) is 0.930. The number of carbonyl (C=O) groups is 1. The first-order valence-electron chi connectivity index (χ1n) is 10.0. The summed E-state index contributed by atoms with van der Waals surface area (Å²) >= 11 is 0. The Labute approximate surface area is 162 Å². The van der Waals surface area contributed by atoms with Crippen molar-refractivity contribution in [3.8, 4) is 5.75 Å². The van der Waals surface area contributed by atoms with Gasteiger partial charge < -0.3 is 14.6 Å². The van der Waals surface area contributed by atoms with Gasteiger partial charge in [0, 0.05) is 31.3 Å². The van der Waals surface area contributed by atoms with Crippen LogP contribution in [-0.2, 0) is 16.9 Å². The molecular formula is C22H31N3O2. The molecule has 1 heterocycles. The van der Waals surface area contributed by atoms with Crippen LogP contribution in [0.3, 0.4) is 0 Å². The molecule has 3 rings (SSSR count). The molecule has 1 saturated carbocycles. The number of benzene rings is 1. The van der Waals surface area contributed by atoms with Gasteiger partial charge in [0.15, 0.2) is 0 Å². The summed E-state index contributed by atoms with van der Waals surface area (Å²) in [4.78, 5) is 17.2. The van der Waals surface area contributed by atoms with Crippen LogP contribution in [0.1, 0.15) is 69.7 Å². The van der Waals surface area contributed by atoms with E-state index in [1.165, 1.54) is 12.0 Å². The molecular weight excluding hydrogens is 338 g/mol. The van der Waals surface area contributed by atoms with Crippen molar-refractivity contribution in [3.05, 3.63) is 48.0 Å². The quantitative estimate of drug-likeness (QED) is 0.788. The summed E-state index contributed by atoms with van der Waals surface area (Å²) in [5.74, 6) is 2.34. The van der Waals surface area contributed by atoms with Crippen LogP contribution >= 0.6 is 0 Å². The monoisotopic (exact) mass is 369 g/mol. The molecule has 2 aromatic rings. The van der Waals surface area contributed by atoms with Crippen LogP contribution in [0.2, 0.25) is 0 Å². The van der Waals surface area contributed by atoms with Crippen molar-refractivity contribution in [2.45, 2.75) is 70.4 Å². The molecule has 1 amide bonds. The highest BCUT2D eigenvalue weighted by molar-refractivity contribution is 5.77. The van der Waals surface area contributed by atoms with Gasteiger partial charge in [0.1, 0.15) is 11.6 Å². The van der Waals surface area contributed by atoms with Crippen molar-refractivity contribution in [1.82, 2.24) is 14.9 Å². The fourth-order valence-corrected chi connectivity index (χ4v) is 4.11. The van der Waals surface area contributed by atoms with Crippen LogP contribution in [0.15, 0.2) is 36.7 Å². The maximum atomic E-state index is 12.8. The first-order chi connectivity index (χ1) is 13.0. The molecule has 0 bridgehead atoms. The number of methoxy groups -OCH3 is 1. The predicted molar refractivity (Wildman–Crippen MR) is 107 cm³/mol. The van der Waals surface area contributed by atoms with Crippen LogP contribution in [0.5, 0.6) is 5.75 Å². The third-order valence-electron chi connectivity index (χ3n) is 5.57. The second-order valence-electron chi connectivity index (χ2n) is 7.80. The van der Waals surface area contributed by atoms with E-state index in [1.54, 1.807) is 7.11 Å². The predicted octanol–water partition coefficient (Wildman–Crippen LogP) is 4.38. The molecule has 0 unspecified atom stereocenters. The van der Waals surface area contributed by atoms with E-state index < -0.39 is 0 Å². The number of amides is 1. The fraction of sp³-hybridized carbons (Fsp3) is 0.545. The van der Waals surface area contributed by atoms with E-state index in [-0.39, 0.29) is 11.4 Å². The molecule has 0 atom stereocenters. The Kier molecular flexibility index (Phi) is 6.19. The number of carbonyl (C=O) groups excluding carboxylic acids is 1. The van der Waals surface area contributed by atoms with E-state index >= 15 is 0 Å². The third-order valence-corrected chi connectivity index (χ3v) is 5.57. The summed E-state index contributed by atoms with van der Waals surface area (Å²) < 4.78 is 7.37. The molecule has 1 aliphatic rings. The van der Waals surface area contributed by atoms with Gasteiger partial charge in [0.2, 0.25) is 5.91 Å². The number of hydrogen-bond acceptors (Lipinski definition) is 3. The lowest BCUT2D eigenvalue weighted by Gasteiger charge is -2.39. The van der Waals surface area contributed by atoms with Crippen molar-refractivity contribution in [2.75, 3.05) is 7.11 Å². The lowest BCUT2D eigenvalue weighted by atomic mass is 9.76. The Morgan fingerprint density at radius 1 is 1.22 bits per heavy atom. The topological polar surface area (TPSA) is 56.1 Å². The van der Waals surface area contributed by atoms with Gasteiger partial charge in [-0.2, -0.15) is 0 Å². The highest BCUT2D eigenvalue weighted by Gasteiger charge is 2.35. The molecule has 1 fully saturated rings. The third kappa shape index (κ3) is 4.52. The molecule has 0 saturated heterocycles. The van der Waals surface area contributed by atoms with Gasteiger partial charge in [-0.1, -0.05) is 45.2 Å². The van der Waals surface area contributed by atoms with Crippen molar-refractivity contribution in [1.29, 1.82) is 0 Å². The van der Waals surface area contributed by atoms with Crippen LogP contribution in [0.4, 0.5) is 0 Å². The minimum atomic E-state index is -0.253. The number of aromatic nitrogens is 2. The highest BCUT2D eigenvalue weighted by atomic mass is 16.5. The smallest absolute Gasteiger partial charge is 0.222 e. The summed E-state index contributed by atoms with van der Waals surface area (Å²) in [6.07, 6.45) is 9.75. The molecule has 5 nitrogen and oxygen atoms in total. The maximum absolute atomic E-state index is 12.8. The molecule has 0 spiro atoms. The van der Waals surface area contributed by atoms with Crippen LogP contribution in [-0.4, -0.2) is 22.6 Å². The fourth-order valence-electron chi connectivity index (χ4n) is 4.11. The molecule has 1 aromatic carbocycles. The van der Waals surface area contributed by atoms with E-state index in [1.807, 2.05) is 24.5 Å². The number of ether oxygens (including phenoxy) is 1. The largest absolute Gasteiger partial charge is 0.497 e. The Morgan fingerprint density at radius 2 is 1.93 bits per heavy atom. The van der Waals surface area contributed by atoms with Gasteiger partial charge in [0.25, 0.3) is 0 Å². The van der Waals surface area contributed by atoms with Crippen molar-refractivity contribution < 1.29 is 9.53 Å². The second-order valence-corrected chi connectivity index (χ2v) is 7.80. The van der Waals surface area contributed by atoms with Gasteiger partial charge in [-0.25, -0.2) is 4.98 Å². The van der Waals surface area contributed by atoms with E-state index in [9.17, 15) is 4.79 Å².